The molecule has 2 aromatic rings. The number of carbonyl (C=O) groups excluding carboxylic acids is 1. The number of rotatable bonds is 3. The molecule has 0 unspecified atom stereocenters. The quantitative estimate of drug-likeness (QED) is 0.809. The average Bonchev–Trinajstić information content (AvgIpc) is 3.04. The number of nitrogens with one attached hydrogen (secondary N) is 2. The fourth-order valence-corrected chi connectivity index (χ4v) is 2.24. The lowest BCUT2D eigenvalue weighted by Gasteiger charge is -2.08. The van der Waals surface area contributed by atoms with E-state index in [9.17, 15) is 4.79 Å². The highest BCUT2D eigenvalue weighted by molar-refractivity contribution is 5.79. The van der Waals surface area contributed by atoms with Gasteiger partial charge in [-0.25, -0.2) is 4.98 Å². The van der Waals surface area contributed by atoms with Crippen LogP contribution >= 0.6 is 0 Å². The standard InChI is InChI=1S/C14H15N3O/c18-14(10-5-1-2-6-10)15-9-13-16-11-7-3-4-8-12(11)17-13/h1-4,7-8,10H,5-6,9H2,(H,15,18)(H,16,17). The Hall–Kier alpha value is -2.10. The Kier molecular flexibility index (Phi) is 2.84. The van der Waals surface area contributed by atoms with E-state index < -0.39 is 0 Å². The van der Waals surface area contributed by atoms with Gasteiger partial charge in [0.05, 0.1) is 17.6 Å². The maximum atomic E-state index is 11.8. The lowest BCUT2D eigenvalue weighted by atomic mass is 10.1. The summed E-state index contributed by atoms with van der Waals surface area (Å²) in [6.45, 7) is 0.462. The van der Waals surface area contributed by atoms with Crippen LogP contribution in [0, 0.1) is 5.92 Å². The van der Waals surface area contributed by atoms with Gasteiger partial charge in [0.1, 0.15) is 5.82 Å². The number of fused-ring (bicyclic) bond motifs is 1. The maximum absolute atomic E-state index is 11.8. The van der Waals surface area contributed by atoms with Crippen molar-refractivity contribution in [1.29, 1.82) is 0 Å². The van der Waals surface area contributed by atoms with E-state index >= 15 is 0 Å². The van der Waals surface area contributed by atoms with E-state index in [1.165, 1.54) is 0 Å². The summed E-state index contributed by atoms with van der Waals surface area (Å²) in [4.78, 5) is 19.5. The molecule has 0 bridgehead atoms. The minimum Gasteiger partial charge on any atom is -0.349 e. The molecule has 4 heteroatoms. The number of allylic oxidation sites excluding steroid dienone is 2. The van der Waals surface area contributed by atoms with E-state index in [1.807, 2.05) is 24.3 Å². The number of H-pyrrole nitrogens is 1. The van der Waals surface area contributed by atoms with Crippen LogP contribution in [0.2, 0.25) is 0 Å². The predicted octanol–water partition coefficient (Wildman–Crippen LogP) is 2.15. The third-order valence-corrected chi connectivity index (χ3v) is 3.25. The first-order chi connectivity index (χ1) is 8.83. The van der Waals surface area contributed by atoms with Crippen molar-refractivity contribution in [1.82, 2.24) is 15.3 Å². The lowest BCUT2D eigenvalue weighted by Crippen LogP contribution is -2.29. The smallest absolute Gasteiger partial charge is 0.224 e. The Morgan fingerprint density at radius 1 is 1.33 bits per heavy atom. The van der Waals surface area contributed by atoms with Gasteiger partial charge in [0.25, 0.3) is 0 Å². The van der Waals surface area contributed by atoms with Crippen LogP contribution in [0.5, 0.6) is 0 Å². The highest BCUT2D eigenvalue weighted by Gasteiger charge is 2.18. The molecule has 1 heterocycles. The zero-order valence-electron chi connectivity index (χ0n) is 10.0. The number of hydrogen-bond acceptors (Lipinski definition) is 2. The van der Waals surface area contributed by atoms with Gasteiger partial charge in [0.15, 0.2) is 0 Å². The molecule has 0 fully saturated rings. The molecule has 18 heavy (non-hydrogen) atoms. The number of hydrogen-bond donors (Lipinski definition) is 2. The zero-order valence-corrected chi connectivity index (χ0v) is 10.0. The van der Waals surface area contributed by atoms with Gasteiger partial charge in [-0.3, -0.25) is 4.79 Å². The second-order valence-electron chi connectivity index (χ2n) is 4.56. The van der Waals surface area contributed by atoms with Crippen LogP contribution < -0.4 is 5.32 Å². The average molecular weight is 241 g/mol. The van der Waals surface area contributed by atoms with Gasteiger partial charge in [0.2, 0.25) is 5.91 Å². The second kappa shape index (κ2) is 4.64. The fraction of sp³-hybridized carbons (Fsp3) is 0.286. The molecule has 0 radical (unpaired) electrons. The molecule has 0 saturated heterocycles. The molecule has 1 aliphatic carbocycles. The SMILES string of the molecule is O=C(NCc1nc2ccccc2[nH]1)C1CC=CC1. The topological polar surface area (TPSA) is 57.8 Å². The fourth-order valence-electron chi connectivity index (χ4n) is 2.24. The Morgan fingerprint density at radius 2 is 2.11 bits per heavy atom. The van der Waals surface area contributed by atoms with E-state index in [4.69, 9.17) is 0 Å². The van der Waals surface area contributed by atoms with Gasteiger partial charge in [-0.05, 0) is 25.0 Å². The summed E-state index contributed by atoms with van der Waals surface area (Å²) in [5, 5.41) is 2.93. The van der Waals surface area contributed by atoms with Crippen LogP contribution in [-0.2, 0) is 11.3 Å². The largest absolute Gasteiger partial charge is 0.349 e. The van der Waals surface area contributed by atoms with Crippen molar-refractivity contribution in [3.05, 3.63) is 42.2 Å². The van der Waals surface area contributed by atoms with E-state index in [0.29, 0.717) is 6.54 Å². The minimum absolute atomic E-state index is 0.106. The maximum Gasteiger partial charge on any atom is 0.224 e. The van der Waals surface area contributed by atoms with Crippen molar-refractivity contribution in [3.63, 3.8) is 0 Å². The number of benzene rings is 1. The molecule has 1 aromatic heterocycles. The van der Waals surface area contributed by atoms with E-state index in [1.54, 1.807) is 0 Å². The number of carbonyl (C=O) groups is 1. The van der Waals surface area contributed by atoms with Gasteiger partial charge in [-0.1, -0.05) is 24.3 Å². The molecule has 3 rings (SSSR count). The number of amides is 1. The minimum atomic E-state index is 0.106. The molecule has 92 valence electrons. The first-order valence-corrected chi connectivity index (χ1v) is 6.19. The first kappa shape index (κ1) is 11.0. The van der Waals surface area contributed by atoms with Crippen molar-refractivity contribution in [2.45, 2.75) is 19.4 Å². The van der Waals surface area contributed by atoms with Crippen LogP contribution in [0.1, 0.15) is 18.7 Å². The van der Waals surface area contributed by atoms with Crippen molar-refractivity contribution < 1.29 is 4.79 Å². The molecular weight excluding hydrogens is 226 g/mol. The Bertz CT molecular complexity index is 559. The summed E-state index contributed by atoms with van der Waals surface area (Å²) < 4.78 is 0. The van der Waals surface area contributed by atoms with Crippen molar-refractivity contribution in [2.75, 3.05) is 0 Å². The molecule has 0 atom stereocenters. The van der Waals surface area contributed by atoms with Crippen LogP contribution in [-0.4, -0.2) is 15.9 Å². The summed E-state index contributed by atoms with van der Waals surface area (Å²) in [5.41, 5.74) is 1.94. The molecule has 2 N–H and O–H groups in total. The summed E-state index contributed by atoms with van der Waals surface area (Å²) in [6.07, 6.45) is 5.83. The molecule has 0 saturated carbocycles. The van der Waals surface area contributed by atoms with Gasteiger partial charge < -0.3 is 10.3 Å². The monoisotopic (exact) mass is 241 g/mol. The number of aromatic nitrogens is 2. The highest BCUT2D eigenvalue weighted by atomic mass is 16.1. The van der Waals surface area contributed by atoms with Crippen LogP contribution in [0.15, 0.2) is 36.4 Å². The Labute approximate surface area is 105 Å². The van der Waals surface area contributed by atoms with E-state index in [0.717, 1.165) is 29.7 Å². The molecule has 0 aliphatic heterocycles. The van der Waals surface area contributed by atoms with Crippen LogP contribution in [0.4, 0.5) is 0 Å². The zero-order chi connectivity index (χ0) is 12.4. The van der Waals surface area contributed by atoms with Crippen LogP contribution in [0.3, 0.4) is 0 Å². The summed E-state index contributed by atoms with van der Waals surface area (Å²) in [7, 11) is 0. The van der Waals surface area contributed by atoms with E-state index in [2.05, 4.69) is 27.4 Å². The molecule has 1 aromatic carbocycles. The van der Waals surface area contributed by atoms with Gasteiger partial charge in [-0.15, -0.1) is 0 Å². The van der Waals surface area contributed by atoms with Crippen molar-refractivity contribution in [3.8, 4) is 0 Å². The van der Waals surface area contributed by atoms with Crippen molar-refractivity contribution >= 4 is 16.9 Å². The molecule has 4 nitrogen and oxygen atoms in total. The number of nitrogens with zero attached hydrogens (tertiary/aromatic N) is 1. The molecule has 1 aliphatic rings. The predicted molar refractivity (Wildman–Crippen MR) is 69.8 cm³/mol. The summed E-state index contributed by atoms with van der Waals surface area (Å²) in [5.74, 6) is 1.02. The van der Waals surface area contributed by atoms with Crippen molar-refractivity contribution in [2.24, 2.45) is 5.92 Å². The summed E-state index contributed by atoms with van der Waals surface area (Å²) in [6, 6.07) is 7.86. The Morgan fingerprint density at radius 3 is 2.89 bits per heavy atom. The first-order valence-electron chi connectivity index (χ1n) is 6.19. The third kappa shape index (κ3) is 2.14. The molecule has 1 amide bonds. The molecule has 0 spiro atoms. The lowest BCUT2D eigenvalue weighted by molar-refractivity contribution is -0.124. The summed E-state index contributed by atoms with van der Waals surface area (Å²) >= 11 is 0. The number of aromatic amines is 1. The number of imidazole rings is 1. The normalized spacial score (nSPS) is 15.3. The highest BCUT2D eigenvalue weighted by Crippen LogP contribution is 2.17. The molecular formula is C14H15N3O. The second-order valence-corrected chi connectivity index (χ2v) is 4.56. The van der Waals surface area contributed by atoms with Crippen LogP contribution in [0.25, 0.3) is 11.0 Å². The number of para-hydroxylation sites is 2. The van der Waals surface area contributed by atoms with Gasteiger partial charge in [0, 0.05) is 5.92 Å². The van der Waals surface area contributed by atoms with Gasteiger partial charge >= 0.3 is 0 Å². The Balaban J connectivity index is 1.64. The van der Waals surface area contributed by atoms with Gasteiger partial charge in [-0.2, -0.15) is 0 Å². The van der Waals surface area contributed by atoms with E-state index in [-0.39, 0.29) is 11.8 Å². The third-order valence-electron chi connectivity index (χ3n) is 3.25.